The molecule has 0 aromatic carbocycles. The average Bonchev–Trinajstić information content (AvgIpc) is 3.23. The van der Waals surface area contributed by atoms with Gasteiger partial charge in [0.25, 0.3) is 0 Å². The van der Waals surface area contributed by atoms with Gasteiger partial charge in [0.1, 0.15) is 5.82 Å². The summed E-state index contributed by atoms with van der Waals surface area (Å²) in [5.41, 5.74) is -0.287. The summed E-state index contributed by atoms with van der Waals surface area (Å²) >= 11 is 0. The lowest BCUT2D eigenvalue weighted by atomic mass is 9.95. The second-order valence-electron chi connectivity index (χ2n) is 6.34. The Morgan fingerprint density at radius 2 is 1.87 bits per heavy atom. The molecule has 2 aliphatic heterocycles. The highest BCUT2D eigenvalue weighted by Gasteiger charge is 2.34. The summed E-state index contributed by atoms with van der Waals surface area (Å²) in [4.78, 5) is 41.8. The lowest BCUT2D eigenvalue weighted by Gasteiger charge is -2.32. The molecule has 1 atom stereocenters. The first kappa shape index (κ1) is 15.8. The number of nitrogens with zero attached hydrogens (tertiary/aromatic N) is 3. The van der Waals surface area contributed by atoms with Gasteiger partial charge in [0, 0.05) is 38.5 Å². The first-order valence-electron chi connectivity index (χ1n) is 8.29. The van der Waals surface area contributed by atoms with Gasteiger partial charge in [-0.05, 0) is 19.3 Å². The Kier molecular flexibility index (Phi) is 4.49. The molecule has 23 heavy (non-hydrogen) atoms. The number of aromatic amines is 2. The number of piperidine rings is 1. The molecule has 1 unspecified atom stereocenters. The summed E-state index contributed by atoms with van der Waals surface area (Å²) in [6.45, 7) is 4.45. The Morgan fingerprint density at radius 3 is 2.48 bits per heavy atom. The second-order valence-corrected chi connectivity index (χ2v) is 6.34. The van der Waals surface area contributed by atoms with Gasteiger partial charge < -0.3 is 9.80 Å². The van der Waals surface area contributed by atoms with Gasteiger partial charge in [-0.2, -0.15) is 5.10 Å². The van der Waals surface area contributed by atoms with Gasteiger partial charge in [-0.3, -0.25) is 14.6 Å². The Morgan fingerprint density at radius 1 is 1.17 bits per heavy atom. The number of H-pyrrole nitrogens is 2. The Bertz CT molecular complexity index is 629. The second kappa shape index (κ2) is 6.55. The Hall–Kier alpha value is -2.12. The van der Waals surface area contributed by atoms with Crippen molar-refractivity contribution in [3.63, 3.8) is 0 Å². The highest BCUT2D eigenvalue weighted by atomic mass is 16.2. The number of rotatable bonds is 3. The zero-order chi connectivity index (χ0) is 16.4. The maximum Gasteiger partial charge on any atom is 0.340 e. The van der Waals surface area contributed by atoms with Gasteiger partial charge in [0.15, 0.2) is 0 Å². The zero-order valence-electron chi connectivity index (χ0n) is 13.4. The van der Waals surface area contributed by atoms with Gasteiger partial charge in [0.2, 0.25) is 11.8 Å². The van der Waals surface area contributed by atoms with E-state index in [2.05, 4.69) is 15.2 Å². The molecule has 0 saturated carbocycles. The number of nitrogens with one attached hydrogen (secondary N) is 2. The molecule has 2 aliphatic rings. The molecule has 0 spiro atoms. The Balaban J connectivity index is 1.52. The number of hydrogen-bond acceptors (Lipinski definition) is 4. The quantitative estimate of drug-likeness (QED) is 0.822. The number of amides is 2. The van der Waals surface area contributed by atoms with Crippen molar-refractivity contribution < 1.29 is 9.59 Å². The summed E-state index contributed by atoms with van der Waals surface area (Å²) < 4.78 is 0. The van der Waals surface area contributed by atoms with E-state index in [0.29, 0.717) is 38.4 Å². The minimum atomic E-state index is -0.287. The average molecular weight is 321 g/mol. The molecule has 2 amide bonds. The minimum Gasteiger partial charge on any atom is -0.342 e. The molecule has 1 aromatic heterocycles. The van der Waals surface area contributed by atoms with Crippen molar-refractivity contribution in [3.05, 3.63) is 16.3 Å². The van der Waals surface area contributed by atoms with Crippen LogP contribution in [0.5, 0.6) is 0 Å². The third-order valence-corrected chi connectivity index (χ3v) is 4.91. The maximum atomic E-state index is 12.6. The molecule has 2 fully saturated rings. The zero-order valence-corrected chi connectivity index (χ0v) is 13.4. The number of aromatic nitrogens is 3. The van der Waals surface area contributed by atoms with E-state index in [-0.39, 0.29) is 29.3 Å². The molecule has 3 rings (SSSR count). The molecule has 0 bridgehead atoms. The molecular weight excluding hydrogens is 298 g/mol. The van der Waals surface area contributed by atoms with Crippen molar-refractivity contribution in [3.8, 4) is 0 Å². The van der Waals surface area contributed by atoms with E-state index in [4.69, 9.17) is 0 Å². The van der Waals surface area contributed by atoms with E-state index < -0.39 is 0 Å². The van der Waals surface area contributed by atoms with Crippen LogP contribution in [-0.2, 0) is 9.59 Å². The van der Waals surface area contributed by atoms with Crippen LogP contribution in [0, 0.1) is 5.92 Å². The van der Waals surface area contributed by atoms with Gasteiger partial charge in [-0.1, -0.05) is 6.92 Å². The third-order valence-electron chi connectivity index (χ3n) is 4.91. The van der Waals surface area contributed by atoms with E-state index >= 15 is 0 Å². The summed E-state index contributed by atoms with van der Waals surface area (Å²) in [7, 11) is 0. The number of hydrogen-bond donors (Lipinski definition) is 2. The van der Waals surface area contributed by atoms with Crippen molar-refractivity contribution in [1.82, 2.24) is 25.0 Å². The van der Waals surface area contributed by atoms with E-state index in [1.807, 2.05) is 11.8 Å². The largest absolute Gasteiger partial charge is 0.342 e. The van der Waals surface area contributed by atoms with Crippen molar-refractivity contribution in [2.24, 2.45) is 5.92 Å². The molecule has 1 aromatic rings. The lowest BCUT2D eigenvalue weighted by molar-refractivity contribution is -0.136. The van der Waals surface area contributed by atoms with Crippen molar-refractivity contribution in [2.45, 2.75) is 38.5 Å². The summed E-state index contributed by atoms with van der Waals surface area (Å²) in [6.07, 6.45) is 2.86. The summed E-state index contributed by atoms with van der Waals surface area (Å²) in [6, 6.07) is 0. The minimum absolute atomic E-state index is 0.0627. The van der Waals surface area contributed by atoms with Gasteiger partial charge in [-0.25, -0.2) is 9.89 Å². The smallest absolute Gasteiger partial charge is 0.340 e. The molecule has 126 valence electrons. The van der Waals surface area contributed by atoms with Crippen LogP contribution in [0.25, 0.3) is 0 Å². The highest BCUT2D eigenvalue weighted by Crippen LogP contribution is 2.27. The fourth-order valence-corrected chi connectivity index (χ4v) is 3.52. The van der Waals surface area contributed by atoms with E-state index in [1.165, 1.54) is 0 Å². The predicted octanol–water partition coefficient (Wildman–Crippen LogP) is 0.0625. The third kappa shape index (κ3) is 3.30. The van der Waals surface area contributed by atoms with Gasteiger partial charge >= 0.3 is 5.69 Å². The Labute approximate surface area is 134 Å². The van der Waals surface area contributed by atoms with Crippen molar-refractivity contribution >= 4 is 11.8 Å². The summed E-state index contributed by atoms with van der Waals surface area (Å²) in [5, 5.41) is 6.37. The molecule has 8 nitrogen and oxygen atoms in total. The number of carbonyl (C=O) groups is 2. The van der Waals surface area contributed by atoms with Crippen LogP contribution in [0.4, 0.5) is 0 Å². The van der Waals surface area contributed by atoms with Crippen LogP contribution in [-0.4, -0.2) is 63.0 Å². The first-order valence-corrected chi connectivity index (χ1v) is 8.29. The number of carbonyl (C=O) groups excluding carboxylic acids is 2. The molecular formula is C15H23N5O3. The highest BCUT2D eigenvalue weighted by molar-refractivity contribution is 5.82. The van der Waals surface area contributed by atoms with Crippen LogP contribution >= 0.6 is 0 Å². The maximum absolute atomic E-state index is 12.6. The molecule has 8 heteroatoms. The van der Waals surface area contributed by atoms with Crippen molar-refractivity contribution in [2.75, 3.05) is 26.2 Å². The monoisotopic (exact) mass is 321 g/mol. The SMILES string of the molecule is CCC(=O)N1CCC(C(=O)N2CCC(c3n[nH]c(=O)[nH]3)CC2)C1. The normalized spacial score (nSPS) is 22.6. The summed E-state index contributed by atoms with van der Waals surface area (Å²) in [5.74, 6) is 1.10. The molecule has 3 heterocycles. The van der Waals surface area contributed by atoms with E-state index in [1.54, 1.807) is 4.90 Å². The van der Waals surface area contributed by atoms with Crippen LogP contribution in [0.3, 0.4) is 0 Å². The fourth-order valence-electron chi connectivity index (χ4n) is 3.52. The van der Waals surface area contributed by atoms with Gasteiger partial charge in [0.05, 0.1) is 5.92 Å². The molecule has 0 radical (unpaired) electrons. The van der Waals surface area contributed by atoms with Crippen LogP contribution in [0.1, 0.15) is 44.3 Å². The molecule has 2 saturated heterocycles. The van der Waals surface area contributed by atoms with Crippen LogP contribution < -0.4 is 5.69 Å². The lowest BCUT2D eigenvalue weighted by Crippen LogP contribution is -2.42. The molecule has 2 N–H and O–H groups in total. The standard InChI is InChI=1S/C15H23N5O3/c1-2-12(21)20-8-5-11(9-20)14(22)19-6-3-10(4-7-19)13-16-15(23)18-17-13/h10-11H,2-9H2,1H3,(H2,16,17,18,23). The topological polar surface area (TPSA) is 102 Å². The van der Waals surface area contributed by atoms with Crippen LogP contribution in [0.15, 0.2) is 4.79 Å². The fraction of sp³-hybridized carbons (Fsp3) is 0.733. The van der Waals surface area contributed by atoms with E-state index in [0.717, 1.165) is 19.3 Å². The van der Waals surface area contributed by atoms with Gasteiger partial charge in [-0.15, -0.1) is 0 Å². The van der Waals surface area contributed by atoms with Crippen LogP contribution in [0.2, 0.25) is 0 Å². The first-order chi connectivity index (χ1) is 11.1. The van der Waals surface area contributed by atoms with E-state index in [9.17, 15) is 14.4 Å². The number of likely N-dealkylation sites (tertiary alicyclic amines) is 2. The predicted molar refractivity (Wildman–Crippen MR) is 82.7 cm³/mol. The van der Waals surface area contributed by atoms with Crippen molar-refractivity contribution in [1.29, 1.82) is 0 Å². The molecule has 0 aliphatic carbocycles.